The van der Waals surface area contributed by atoms with Crippen LogP contribution in [0.2, 0.25) is 0 Å². The van der Waals surface area contributed by atoms with Gasteiger partial charge in [0.15, 0.2) is 0 Å². The molecule has 0 fully saturated rings. The minimum Gasteiger partial charge on any atom is -0.273 e. The Hall–Kier alpha value is -2.95. The van der Waals surface area contributed by atoms with Gasteiger partial charge >= 0.3 is 0 Å². The number of hydrogen-bond donors (Lipinski definition) is 1. The Morgan fingerprint density at radius 3 is 2.79 bits per heavy atom. The van der Waals surface area contributed by atoms with Crippen molar-refractivity contribution in [1.29, 1.82) is 0 Å². The number of nitrogens with zero attached hydrogens (tertiary/aromatic N) is 3. The number of aromatic nitrogens is 2. The summed E-state index contributed by atoms with van der Waals surface area (Å²) in [5.41, 5.74) is 5.58. The Balaban J connectivity index is 1.59. The average molecular weight is 320 g/mol. The van der Waals surface area contributed by atoms with Crippen LogP contribution in [0.15, 0.2) is 53.6 Å². The van der Waals surface area contributed by atoms with Crippen LogP contribution in [0.5, 0.6) is 0 Å². The SMILES string of the molecule is Cc1cc(C)n(CCC(=O)N/N=C\c2cccc3ccccc23)n1. The molecule has 0 spiro atoms. The summed E-state index contributed by atoms with van der Waals surface area (Å²) in [5, 5.41) is 10.7. The zero-order valence-electron chi connectivity index (χ0n) is 13.9. The van der Waals surface area contributed by atoms with Gasteiger partial charge in [-0.2, -0.15) is 10.2 Å². The van der Waals surface area contributed by atoms with E-state index >= 15 is 0 Å². The summed E-state index contributed by atoms with van der Waals surface area (Å²) in [4.78, 5) is 11.9. The Morgan fingerprint density at radius 1 is 1.21 bits per heavy atom. The summed E-state index contributed by atoms with van der Waals surface area (Å²) in [6.45, 7) is 4.48. The van der Waals surface area contributed by atoms with Crippen LogP contribution in [0.1, 0.15) is 23.4 Å². The first-order valence-corrected chi connectivity index (χ1v) is 7.94. The molecule has 0 aliphatic rings. The number of amides is 1. The summed E-state index contributed by atoms with van der Waals surface area (Å²) < 4.78 is 1.84. The molecule has 0 saturated carbocycles. The molecule has 5 nitrogen and oxygen atoms in total. The van der Waals surface area contributed by atoms with Gasteiger partial charge in [-0.3, -0.25) is 9.48 Å². The van der Waals surface area contributed by atoms with Gasteiger partial charge in [0, 0.05) is 17.7 Å². The minimum atomic E-state index is -0.126. The number of nitrogens with one attached hydrogen (secondary N) is 1. The second-order valence-corrected chi connectivity index (χ2v) is 5.76. The van der Waals surface area contributed by atoms with E-state index < -0.39 is 0 Å². The molecule has 5 heteroatoms. The monoisotopic (exact) mass is 320 g/mol. The molecule has 1 aromatic heterocycles. The zero-order valence-corrected chi connectivity index (χ0v) is 13.9. The maximum absolute atomic E-state index is 11.9. The molecule has 122 valence electrons. The molecule has 0 bridgehead atoms. The lowest BCUT2D eigenvalue weighted by atomic mass is 10.1. The smallest absolute Gasteiger partial charge is 0.241 e. The van der Waals surface area contributed by atoms with Crippen molar-refractivity contribution in [3.63, 3.8) is 0 Å². The number of benzene rings is 2. The first-order chi connectivity index (χ1) is 11.6. The predicted molar refractivity (Wildman–Crippen MR) is 96.0 cm³/mol. The normalized spacial score (nSPS) is 11.2. The standard InChI is InChI=1S/C19H20N4O/c1-14-12-15(2)23(22-14)11-10-19(24)21-20-13-17-8-5-7-16-6-3-4-9-18(16)17/h3-9,12-13H,10-11H2,1-2H3,(H,21,24)/b20-13-. The molecule has 3 aromatic rings. The molecular weight excluding hydrogens is 300 g/mol. The van der Waals surface area contributed by atoms with Gasteiger partial charge < -0.3 is 0 Å². The van der Waals surface area contributed by atoms with E-state index in [4.69, 9.17) is 0 Å². The Kier molecular flexibility index (Phi) is 4.70. The van der Waals surface area contributed by atoms with Crippen molar-refractivity contribution in [2.24, 2.45) is 5.10 Å². The third kappa shape index (κ3) is 3.68. The van der Waals surface area contributed by atoms with Crippen LogP contribution in [0, 0.1) is 13.8 Å². The van der Waals surface area contributed by atoms with Crippen LogP contribution < -0.4 is 5.43 Å². The lowest BCUT2D eigenvalue weighted by molar-refractivity contribution is -0.121. The van der Waals surface area contributed by atoms with Crippen LogP contribution in [0.3, 0.4) is 0 Å². The summed E-state index contributed by atoms with van der Waals surface area (Å²) in [7, 11) is 0. The predicted octanol–water partition coefficient (Wildman–Crippen LogP) is 3.19. The third-order valence-electron chi connectivity index (χ3n) is 3.87. The summed E-state index contributed by atoms with van der Waals surface area (Å²) >= 11 is 0. The maximum Gasteiger partial charge on any atom is 0.241 e. The van der Waals surface area contributed by atoms with E-state index in [2.05, 4.69) is 27.8 Å². The quantitative estimate of drug-likeness (QED) is 0.580. The van der Waals surface area contributed by atoms with E-state index in [0.29, 0.717) is 13.0 Å². The van der Waals surface area contributed by atoms with Gasteiger partial charge in [-0.1, -0.05) is 42.5 Å². The molecule has 0 aliphatic heterocycles. The van der Waals surface area contributed by atoms with E-state index in [-0.39, 0.29) is 5.91 Å². The Bertz CT molecular complexity index is 890. The first kappa shape index (κ1) is 15.9. The second kappa shape index (κ2) is 7.08. The fourth-order valence-corrected chi connectivity index (χ4v) is 2.70. The molecule has 0 atom stereocenters. The van der Waals surface area contributed by atoms with Crippen LogP contribution in [0.4, 0.5) is 0 Å². The van der Waals surface area contributed by atoms with E-state index in [0.717, 1.165) is 27.7 Å². The number of hydrazone groups is 1. The van der Waals surface area contributed by atoms with Gasteiger partial charge in [0.2, 0.25) is 5.91 Å². The fraction of sp³-hybridized carbons (Fsp3) is 0.211. The van der Waals surface area contributed by atoms with Gasteiger partial charge in [0.05, 0.1) is 18.5 Å². The van der Waals surface area contributed by atoms with Gasteiger partial charge in [0.1, 0.15) is 0 Å². The van der Waals surface area contributed by atoms with Crippen molar-refractivity contribution in [1.82, 2.24) is 15.2 Å². The van der Waals surface area contributed by atoms with Crippen LogP contribution in [0.25, 0.3) is 10.8 Å². The Labute approximate surface area is 141 Å². The van der Waals surface area contributed by atoms with Gasteiger partial charge in [-0.25, -0.2) is 5.43 Å². The molecule has 1 heterocycles. The van der Waals surface area contributed by atoms with Crippen molar-refractivity contribution in [2.75, 3.05) is 0 Å². The molecule has 2 aromatic carbocycles. The van der Waals surface area contributed by atoms with E-state index in [1.165, 1.54) is 0 Å². The molecule has 24 heavy (non-hydrogen) atoms. The molecular formula is C19H20N4O. The van der Waals surface area contributed by atoms with Gasteiger partial charge in [-0.05, 0) is 30.7 Å². The lowest BCUT2D eigenvalue weighted by Gasteiger charge is -2.04. The van der Waals surface area contributed by atoms with Crippen molar-refractivity contribution in [3.05, 3.63) is 65.5 Å². The number of rotatable bonds is 5. The van der Waals surface area contributed by atoms with E-state index in [1.807, 2.05) is 54.9 Å². The number of carbonyl (C=O) groups is 1. The van der Waals surface area contributed by atoms with Crippen molar-refractivity contribution < 1.29 is 4.79 Å². The lowest BCUT2D eigenvalue weighted by Crippen LogP contribution is -2.20. The summed E-state index contributed by atoms with van der Waals surface area (Å²) in [5.74, 6) is -0.126. The summed E-state index contributed by atoms with van der Waals surface area (Å²) in [6.07, 6.45) is 2.03. The first-order valence-electron chi connectivity index (χ1n) is 7.94. The molecule has 3 rings (SSSR count). The highest BCUT2D eigenvalue weighted by Crippen LogP contribution is 2.16. The third-order valence-corrected chi connectivity index (χ3v) is 3.87. The van der Waals surface area contributed by atoms with Gasteiger partial charge in [-0.15, -0.1) is 0 Å². The number of aryl methyl sites for hydroxylation is 3. The second-order valence-electron chi connectivity index (χ2n) is 5.76. The topological polar surface area (TPSA) is 59.3 Å². The van der Waals surface area contributed by atoms with Gasteiger partial charge in [0.25, 0.3) is 0 Å². The van der Waals surface area contributed by atoms with Crippen molar-refractivity contribution in [2.45, 2.75) is 26.8 Å². The van der Waals surface area contributed by atoms with E-state index in [9.17, 15) is 4.79 Å². The Morgan fingerprint density at radius 2 is 2.00 bits per heavy atom. The molecule has 1 N–H and O–H groups in total. The number of hydrogen-bond acceptors (Lipinski definition) is 3. The molecule has 0 saturated heterocycles. The molecule has 0 unspecified atom stereocenters. The summed E-state index contributed by atoms with van der Waals surface area (Å²) in [6, 6.07) is 16.1. The van der Waals surface area contributed by atoms with Crippen molar-refractivity contribution in [3.8, 4) is 0 Å². The molecule has 0 radical (unpaired) electrons. The maximum atomic E-state index is 11.9. The largest absolute Gasteiger partial charge is 0.273 e. The highest BCUT2D eigenvalue weighted by Gasteiger charge is 2.04. The number of carbonyl (C=O) groups excluding carboxylic acids is 1. The highest BCUT2D eigenvalue weighted by atomic mass is 16.2. The molecule has 1 amide bonds. The van der Waals surface area contributed by atoms with Crippen LogP contribution in [-0.4, -0.2) is 21.9 Å². The minimum absolute atomic E-state index is 0.126. The average Bonchev–Trinajstić information content (AvgIpc) is 2.91. The molecule has 0 aliphatic carbocycles. The number of fused-ring (bicyclic) bond motifs is 1. The fourth-order valence-electron chi connectivity index (χ4n) is 2.70. The van der Waals surface area contributed by atoms with Crippen molar-refractivity contribution >= 4 is 22.9 Å². The van der Waals surface area contributed by atoms with Crippen LogP contribution >= 0.6 is 0 Å². The highest BCUT2D eigenvalue weighted by molar-refractivity contribution is 5.99. The zero-order chi connectivity index (χ0) is 16.9. The van der Waals surface area contributed by atoms with E-state index in [1.54, 1.807) is 6.21 Å². The van der Waals surface area contributed by atoms with Crippen LogP contribution in [-0.2, 0) is 11.3 Å².